The van der Waals surface area contributed by atoms with Crippen molar-refractivity contribution in [3.8, 4) is 0 Å². The number of halogens is 4. The number of carbonyl (C=O) groups excluding carboxylic acids is 1. The summed E-state index contributed by atoms with van der Waals surface area (Å²) < 4.78 is 36.4. The van der Waals surface area contributed by atoms with E-state index in [1.54, 1.807) is 0 Å². The summed E-state index contributed by atoms with van der Waals surface area (Å²) >= 11 is 2.63. The molecule has 7 heteroatoms. The van der Waals surface area contributed by atoms with E-state index in [0.717, 1.165) is 6.20 Å². The molecular weight excluding hydrogens is 265 g/mol. The van der Waals surface area contributed by atoms with Gasteiger partial charge in [0.25, 0.3) is 0 Å². The van der Waals surface area contributed by atoms with Gasteiger partial charge in [0.1, 0.15) is 4.60 Å². The lowest BCUT2D eigenvalue weighted by Gasteiger charge is -2.08. The summed E-state index contributed by atoms with van der Waals surface area (Å²) in [5.41, 5.74) is 3.52. The second-order valence-corrected chi connectivity index (χ2v) is 3.18. The third-order valence-electron chi connectivity index (χ3n) is 1.43. The lowest BCUT2D eigenvalue weighted by molar-refractivity contribution is -0.138. The molecule has 3 nitrogen and oxygen atoms in total. The molecule has 0 radical (unpaired) electrons. The molecule has 1 aromatic rings. The number of aromatic nitrogens is 1. The van der Waals surface area contributed by atoms with Gasteiger partial charge in [0.05, 0.1) is 11.1 Å². The molecule has 14 heavy (non-hydrogen) atoms. The molecule has 0 fully saturated rings. The molecule has 2 N–H and O–H groups in total. The van der Waals surface area contributed by atoms with E-state index < -0.39 is 17.6 Å². The summed E-state index contributed by atoms with van der Waals surface area (Å²) in [6, 6.07) is 0.652. The fourth-order valence-electron chi connectivity index (χ4n) is 0.782. The highest BCUT2D eigenvalue weighted by Crippen LogP contribution is 2.33. The first-order valence-corrected chi connectivity index (χ1v) is 4.14. The van der Waals surface area contributed by atoms with Crippen molar-refractivity contribution in [2.24, 2.45) is 5.73 Å². The number of primary amides is 1. The lowest BCUT2D eigenvalue weighted by Crippen LogP contribution is -2.14. The standard InChI is InChI=1S/C7H4BrF3N2O/c8-5-4(7(9,10)11)1-3(2-13-5)6(12)14/h1-2H,(H2,12,14). The monoisotopic (exact) mass is 268 g/mol. The summed E-state index contributed by atoms with van der Waals surface area (Å²) in [5, 5.41) is 0. The summed E-state index contributed by atoms with van der Waals surface area (Å²) in [7, 11) is 0. The fraction of sp³-hybridized carbons (Fsp3) is 0.143. The number of hydrogen-bond acceptors (Lipinski definition) is 2. The molecule has 1 rings (SSSR count). The summed E-state index contributed by atoms with van der Waals surface area (Å²) in [5.74, 6) is -0.949. The van der Waals surface area contributed by atoms with Crippen molar-refractivity contribution in [1.82, 2.24) is 4.98 Å². The van der Waals surface area contributed by atoms with Gasteiger partial charge in [-0.25, -0.2) is 4.98 Å². The first kappa shape index (κ1) is 11.0. The number of rotatable bonds is 1. The maximum Gasteiger partial charge on any atom is 0.419 e. The second-order valence-electron chi connectivity index (χ2n) is 2.42. The first-order chi connectivity index (χ1) is 6.32. The van der Waals surface area contributed by atoms with Crippen LogP contribution in [0.5, 0.6) is 0 Å². The predicted octanol–water partition coefficient (Wildman–Crippen LogP) is 1.96. The zero-order chi connectivity index (χ0) is 10.9. The van der Waals surface area contributed by atoms with E-state index in [4.69, 9.17) is 5.73 Å². The van der Waals surface area contributed by atoms with Crippen LogP contribution in [-0.4, -0.2) is 10.9 Å². The van der Waals surface area contributed by atoms with Gasteiger partial charge in [0.2, 0.25) is 5.91 Å². The summed E-state index contributed by atoms with van der Waals surface area (Å²) in [4.78, 5) is 14.0. The molecule has 0 saturated heterocycles. The maximum absolute atomic E-state index is 12.3. The highest BCUT2D eigenvalue weighted by atomic mass is 79.9. The molecule has 0 aliphatic rings. The van der Waals surface area contributed by atoms with E-state index in [1.807, 2.05) is 0 Å². The maximum atomic E-state index is 12.3. The first-order valence-electron chi connectivity index (χ1n) is 3.35. The van der Waals surface area contributed by atoms with Gasteiger partial charge >= 0.3 is 6.18 Å². The van der Waals surface area contributed by atoms with Crippen LogP contribution in [0, 0.1) is 0 Å². The Morgan fingerprint density at radius 2 is 2.07 bits per heavy atom. The van der Waals surface area contributed by atoms with Crippen molar-refractivity contribution >= 4 is 21.8 Å². The van der Waals surface area contributed by atoms with Gasteiger partial charge in [0.15, 0.2) is 0 Å². The average Bonchev–Trinajstić information content (AvgIpc) is 2.02. The number of hydrogen-bond donors (Lipinski definition) is 1. The van der Waals surface area contributed by atoms with Crippen LogP contribution >= 0.6 is 15.9 Å². The van der Waals surface area contributed by atoms with Crippen molar-refractivity contribution in [1.29, 1.82) is 0 Å². The predicted molar refractivity (Wildman–Crippen MR) is 45.5 cm³/mol. The molecule has 0 aliphatic carbocycles. The van der Waals surface area contributed by atoms with E-state index in [2.05, 4.69) is 20.9 Å². The van der Waals surface area contributed by atoms with Crippen molar-refractivity contribution in [3.63, 3.8) is 0 Å². The van der Waals surface area contributed by atoms with Crippen LogP contribution in [0.15, 0.2) is 16.9 Å². The molecule has 0 bridgehead atoms. The molecule has 76 valence electrons. The lowest BCUT2D eigenvalue weighted by atomic mass is 10.2. The Labute approximate surface area is 85.2 Å². The molecule has 1 heterocycles. The molecule has 0 aromatic carbocycles. The average molecular weight is 269 g/mol. The Hall–Kier alpha value is -1.11. The van der Waals surface area contributed by atoms with Crippen LogP contribution in [0.2, 0.25) is 0 Å². The minimum atomic E-state index is -4.56. The van der Waals surface area contributed by atoms with Crippen LogP contribution < -0.4 is 5.73 Å². The van der Waals surface area contributed by atoms with Gasteiger partial charge in [-0.2, -0.15) is 13.2 Å². The molecule has 0 spiro atoms. The van der Waals surface area contributed by atoms with Crippen molar-refractivity contribution in [3.05, 3.63) is 28.0 Å². The summed E-state index contributed by atoms with van der Waals surface area (Å²) in [6.07, 6.45) is -3.58. The minimum Gasteiger partial charge on any atom is -0.366 e. The van der Waals surface area contributed by atoms with Gasteiger partial charge < -0.3 is 5.73 Å². The molecule has 1 aromatic heterocycles. The van der Waals surface area contributed by atoms with Gasteiger partial charge in [-0.15, -0.1) is 0 Å². The normalized spacial score (nSPS) is 11.4. The number of alkyl halides is 3. The van der Waals surface area contributed by atoms with Crippen LogP contribution in [0.4, 0.5) is 13.2 Å². The smallest absolute Gasteiger partial charge is 0.366 e. The second kappa shape index (κ2) is 3.56. The molecule has 1 amide bonds. The molecule has 0 unspecified atom stereocenters. The van der Waals surface area contributed by atoms with E-state index in [1.165, 1.54) is 0 Å². The SMILES string of the molecule is NC(=O)c1cnc(Br)c(C(F)(F)F)c1. The number of nitrogens with zero attached hydrogens (tertiary/aromatic N) is 1. The van der Waals surface area contributed by atoms with Crippen molar-refractivity contribution in [2.75, 3.05) is 0 Å². The fourth-order valence-corrected chi connectivity index (χ4v) is 1.22. The molecular formula is C7H4BrF3N2O. The Bertz CT molecular complexity index is 378. The van der Waals surface area contributed by atoms with E-state index in [0.29, 0.717) is 6.07 Å². The van der Waals surface area contributed by atoms with Gasteiger partial charge in [0, 0.05) is 6.20 Å². The largest absolute Gasteiger partial charge is 0.419 e. The number of carbonyl (C=O) groups is 1. The van der Waals surface area contributed by atoms with Crippen LogP contribution in [-0.2, 0) is 6.18 Å². The van der Waals surface area contributed by atoms with E-state index in [-0.39, 0.29) is 10.2 Å². The number of nitrogens with two attached hydrogens (primary N) is 1. The van der Waals surface area contributed by atoms with Crippen molar-refractivity contribution in [2.45, 2.75) is 6.18 Å². The van der Waals surface area contributed by atoms with Crippen LogP contribution in [0.3, 0.4) is 0 Å². The van der Waals surface area contributed by atoms with Crippen LogP contribution in [0.25, 0.3) is 0 Å². The Morgan fingerprint density at radius 1 is 1.50 bits per heavy atom. The van der Waals surface area contributed by atoms with E-state index in [9.17, 15) is 18.0 Å². The zero-order valence-corrected chi connectivity index (χ0v) is 8.19. The Kier molecular flexibility index (Phi) is 2.79. The molecule has 0 saturated carbocycles. The third kappa shape index (κ3) is 2.22. The Balaban J connectivity index is 3.29. The highest BCUT2D eigenvalue weighted by molar-refractivity contribution is 9.10. The topological polar surface area (TPSA) is 56.0 Å². The third-order valence-corrected chi connectivity index (χ3v) is 2.06. The summed E-state index contributed by atoms with van der Waals surface area (Å²) in [6.45, 7) is 0. The minimum absolute atomic E-state index is 0.277. The zero-order valence-electron chi connectivity index (χ0n) is 6.60. The molecule has 0 aliphatic heterocycles. The Morgan fingerprint density at radius 3 is 2.50 bits per heavy atom. The van der Waals surface area contributed by atoms with Gasteiger partial charge in [-0.1, -0.05) is 0 Å². The van der Waals surface area contributed by atoms with Gasteiger partial charge in [-0.05, 0) is 22.0 Å². The number of pyridine rings is 1. The number of amides is 1. The highest BCUT2D eigenvalue weighted by Gasteiger charge is 2.34. The van der Waals surface area contributed by atoms with E-state index >= 15 is 0 Å². The quantitative estimate of drug-likeness (QED) is 0.792. The van der Waals surface area contributed by atoms with Gasteiger partial charge in [-0.3, -0.25) is 4.79 Å². The van der Waals surface area contributed by atoms with Crippen LogP contribution in [0.1, 0.15) is 15.9 Å². The molecule has 0 atom stereocenters. The van der Waals surface area contributed by atoms with Crippen molar-refractivity contribution < 1.29 is 18.0 Å².